The number of benzene rings is 2. The maximum Gasteiger partial charge on any atom is 0.353 e. The van der Waals surface area contributed by atoms with Crippen molar-refractivity contribution in [2.75, 3.05) is 13.7 Å². The zero-order chi connectivity index (χ0) is 69.6. The molecule has 10 bridgehead atoms. The third-order valence-electron chi connectivity index (χ3n) is 14.9. The summed E-state index contributed by atoms with van der Waals surface area (Å²) < 4.78 is 21.6. The third-order valence-corrected chi connectivity index (χ3v) is 20.4. The van der Waals surface area contributed by atoms with Crippen LogP contribution >= 0.6 is 68.0 Å². The Morgan fingerprint density at radius 2 is 1.28 bits per heavy atom. The number of nitrogens with two attached hydrogens (primary N) is 1. The molecule has 1 fully saturated rings. The number of ether oxygens (including phenoxy) is 4. The van der Waals surface area contributed by atoms with Crippen LogP contribution in [0.25, 0.3) is 43.4 Å². The summed E-state index contributed by atoms with van der Waals surface area (Å²) in [6.07, 6.45) is -2.04. The van der Waals surface area contributed by atoms with E-state index in [-0.39, 0.29) is 79.1 Å². The minimum absolute atomic E-state index is 0.0755. The third kappa shape index (κ3) is 16.1. The lowest BCUT2D eigenvalue weighted by Gasteiger charge is -2.26. The monoisotopic (exact) mass is 1440 g/mol. The molecule has 11 rings (SSSR count). The predicted octanol–water partition coefficient (Wildman–Crippen LogP) is 7.44. The van der Waals surface area contributed by atoms with Crippen LogP contribution in [0.2, 0.25) is 0 Å². The van der Waals surface area contributed by atoms with Crippen molar-refractivity contribution >= 4 is 127 Å². The Morgan fingerprint density at radius 1 is 0.643 bits per heavy atom. The van der Waals surface area contributed by atoms with E-state index >= 15 is 4.79 Å². The number of thiazole rings is 6. The maximum atomic E-state index is 15.1. The van der Waals surface area contributed by atoms with Gasteiger partial charge >= 0.3 is 17.9 Å². The fourth-order valence-electron chi connectivity index (χ4n) is 9.97. The van der Waals surface area contributed by atoms with Crippen LogP contribution in [0.4, 0.5) is 0 Å². The number of aromatic nitrogens is 7. The first-order valence-electron chi connectivity index (χ1n) is 29.5. The lowest BCUT2D eigenvalue weighted by atomic mass is 9.97. The van der Waals surface area contributed by atoms with Gasteiger partial charge in [-0.1, -0.05) is 62.5 Å². The second kappa shape index (κ2) is 29.9. The summed E-state index contributed by atoms with van der Waals surface area (Å²) in [5.74, 6) is -7.74. The van der Waals surface area contributed by atoms with Crippen molar-refractivity contribution in [1.82, 2.24) is 66.8 Å². The molecule has 1 saturated heterocycles. The fourth-order valence-corrected chi connectivity index (χ4v) is 15.2. The first kappa shape index (κ1) is 68.9. The van der Waals surface area contributed by atoms with Crippen molar-refractivity contribution in [3.05, 3.63) is 172 Å². The topological polar surface area (TPSA) is 399 Å². The zero-order valence-corrected chi connectivity index (χ0v) is 57.1. The molecule has 28 nitrogen and oxygen atoms in total. The summed E-state index contributed by atoms with van der Waals surface area (Å²) in [5.41, 5.74) is 7.22. The van der Waals surface area contributed by atoms with Crippen LogP contribution in [-0.2, 0) is 49.4 Å². The summed E-state index contributed by atoms with van der Waals surface area (Å²) >= 11 is 6.61. The molecular formula is C64H56N14O14S6. The second-order valence-electron chi connectivity index (χ2n) is 21.9. The SMILES string of the molecule is C=C(NC(=O)c1csc(-c2ccc3c(n2)-c2csc(n2)-c2csc(n2)[C@H]([C@@H](C)[C@@H]2CO2)NC(=O)[C@H](Cc2ccc(OC(C)=O)cc2)NC(=O)c2csc(n2)[C@H]([C@H](OC(C)=O)c2ccccc2)NC(=O)c2nc(sc2C)[C@H](CC(N)=O)NC(=O)c2csc-3n2)n1)C(=O)NC(=C)C(=O)OC. The first-order chi connectivity index (χ1) is 47.0. The molecule has 2 aliphatic heterocycles. The summed E-state index contributed by atoms with van der Waals surface area (Å²) in [6, 6.07) is 13.7. The van der Waals surface area contributed by atoms with Gasteiger partial charge in [0.1, 0.15) is 93.4 Å². The highest BCUT2D eigenvalue weighted by Crippen LogP contribution is 2.41. The van der Waals surface area contributed by atoms with Crippen molar-refractivity contribution in [1.29, 1.82) is 0 Å². The molecule has 8 N–H and O–H groups in total. The van der Waals surface area contributed by atoms with Gasteiger partial charge in [-0.15, -0.1) is 68.0 Å². The molecule has 7 aromatic heterocycles. The molecular weight excluding hydrogens is 1380 g/mol. The van der Waals surface area contributed by atoms with Crippen LogP contribution in [0.5, 0.6) is 5.75 Å². The highest BCUT2D eigenvalue weighted by Gasteiger charge is 2.40. The first-order valence-corrected chi connectivity index (χ1v) is 34.7. The number of nitrogens with zero attached hydrogens (tertiary/aromatic N) is 7. The van der Waals surface area contributed by atoms with Crippen LogP contribution in [0, 0.1) is 12.8 Å². The van der Waals surface area contributed by atoms with Gasteiger partial charge in [0, 0.05) is 63.5 Å². The highest BCUT2D eigenvalue weighted by atomic mass is 32.1. The number of methoxy groups -OCH3 is 1. The number of fused-ring (bicyclic) bond motifs is 14. The van der Waals surface area contributed by atoms with Crippen LogP contribution < -0.4 is 42.4 Å². The average Bonchev–Trinajstić information content (AvgIpc) is 1.58. The van der Waals surface area contributed by atoms with Gasteiger partial charge in [-0.05, 0) is 42.3 Å². The Labute approximate surface area is 580 Å². The highest BCUT2D eigenvalue weighted by molar-refractivity contribution is 7.15. The molecule has 0 unspecified atom stereocenters. The molecule has 0 spiro atoms. The fraction of sp³-hybridized carbons (Fsp3) is 0.234. The molecule has 0 radical (unpaired) electrons. The number of pyridine rings is 1. The van der Waals surface area contributed by atoms with E-state index in [2.05, 4.69) is 59.8 Å². The summed E-state index contributed by atoms with van der Waals surface area (Å²) in [5, 5.41) is 26.0. The van der Waals surface area contributed by atoms with Gasteiger partial charge in [0.05, 0.1) is 49.7 Å². The van der Waals surface area contributed by atoms with Gasteiger partial charge < -0.3 is 56.6 Å². The molecule has 2 aromatic carbocycles. The van der Waals surface area contributed by atoms with Crippen LogP contribution in [0.1, 0.15) is 124 Å². The number of hydrogen-bond acceptors (Lipinski definition) is 27. The Kier molecular flexibility index (Phi) is 21.0. The number of nitrogens with one attached hydrogen (secondary N) is 6. The molecule has 0 saturated carbocycles. The number of aryl methyl sites for hydroxylation is 1. The van der Waals surface area contributed by atoms with Gasteiger partial charge in [-0.2, -0.15) is 0 Å². The summed E-state index contributed by atoms with van der Waals surface area (Å²) in [4.78, 5) is 169. The molecule has 98 heavy (non-hydrogen) atoms. The van der Waals surface area contributed by atoms with E-state index in [0.717, 1.165) is 52.5 Å². The van der Waals surface area contributed by atoms with Gasteiger partial charge in [-0.25, -0.2) is 39.7 Å². The smallest absolute Gasteiger partial charge is 0.353 e. The van der Waals surface area contributed by atoms with Gasteiger partial charge in [0.15, 0.2) is 6.10 Å². The molecule has 7 amide bonds. The Balaban J connectivity index is 0.994. The number of esters is 3. The molecule has 502 valence electrons. The quantitative estimate of drug-likeness (QED) is 0.0214. The number of hydrogen-bond donors (Lipinski definition) is 7. The molecule has 0 aliphatic carbocycles. The lowest BCUT2D eigenvalue weighted by molar-refractivity contribution is -0.148. The number of rotatable bonds is 16. The van der Waals surface area contributed by atoms with Crippen LogP contribution in [0.15, 0.2) is 118 Å². The Hall–Kier alpha value is -10.5. The number of carbonyl (C=O) groups is 10. The van der Waals surface area contributed by atoms with E-state index in [9.17, 15) is 43.2 Å². The van der Waals surface area contributed by atoms with E-state index in [0.29, 0.717) is 54.6 Å². The number of primary amides is 1. The van der Waals surface area contributed by atoms with Crippen molar-refractivity contribution in [2.24, 2.45) is 11.7 Å². The van der Waals surface area contributed by atoms with Gasteiger partial charge in [0.2, 0.25) is 11.8 Å². The largest absolute Gasteiger partial charge is 0.464 e. The van der Waals surface area contributed by atoms with E-state index in [4.69, 9.17) is 44.9 Å². The summed E-state index contributed by atoms with van der Waals surface area (Å²) in [7, 11) is 1.10. The minimum Gasteiger partial charge on any atom is -0.464 e. The molecule has 2 aliphatic rings. The zero-order valence-electron chi connectivity index (χ0n) is 52.2. The summed E-state index contributed by atoms with van der Waals surface area (Å²) in [6.45, 7) is 13.4. The minimum atomic E-state index is -1.29. The maximum absolute atomic E-state index is 15.1. The molecule has 7 atom stereocenters. The Bertz CT molecular complexity index is 4650. The number of carbonyl (C=O) groups excluding carboxylic acids is 10. The molecule has 9 aromatic rings. The van der Waals surface area contributed by atoms with Gasteiger partial charge in [-0.3, -0.25) is 43.2 Å². The van der Waals surface area contributed by atoms with Crippen LogP contribution in [0.3, 0.4) is 0 Å². The number of epoxide rings is 1. The van der Waals surface area contributed by atoms with E-state index < -0.39 is 102 Å². The molecule has 34 heteroatoms. The van der Waals surface area contributed by atoms with Crippen molar-refractivity contribution < 1.29 is 66.9 Å². The van der Waals surface area contributed by atoms with Gasteiger partial charge in [0.25, 0.3) is 29.5 Å². The lowest BCUT2D eigenvalue weighted by Crippen LogP contribution is -2.50. The van der Waals surface area contributed by atoms with E-state index in [1.54, 1.807) is 84.4 Å². The van der Waals surface area contributed by atoms with Crippen LogP contribution in [-0.4, -0.2) is 120 Å². The normalized spacial score (nSPS) is 17.6. The molecule has 9 heterocycles. The van der Waals surface area contributed by atoms with E-state index in [1.165, 1.54) is 52.7 Å². The Morgan fingerprint density at radius 3 is 1.97 bits per heavy atom. The van der Waals surface area contributed by atoms with Crippen molar-refractivity contribution in [2.45, 2.75) is 76.9 Å². The van der Waals surface area contributed by atoms with E-state index in [1.807, 2.05) is 6.92 Å². The van der Waals surface area contributed by atoms with Crippen molar-refractivity contribution in [3.63, 3.8) is 0 Å². The van der Waals surface area contributed by atoms with Crippen molar-refractivity contribution in [3.8, 4) is 49.1 Å². The standard InChI is InChI=1S/C64H56N14O14S6/c1-27(45-21-90-45)47-62-75-44(26-97-62)60-71-40(22-94-60)49-36(17-18-37(68-49)59-73-41(24-95-59)54(84)66-28(2)52(82)67-29(3)64(88)89-7)58-72-42(23-93-58)56(86)70-39(20-46(65)81)61-78-48(30(4)98-61)57(87)77-50(51(92-32(6)80)34-11-9-8-10-12-34)63-74-43(25-96-63)55(85)69-38(53(83)76-47)19-33-13-15-35(16-14-33)91-31(5)79/h8-18,22-27,38-39,45,47,50-51H,2-3,19-21H2,1,4-7H3,(H2,65,81)(H,66,84)(H,67,82)(H,69,85)(H,70,86)(H,76,83)(H,77,87)/t27-,38-,39-,45-,47-,50-,51+/m0/s1. The second-order valence-corrected chi connectivity index (χ2v) is 27.5. The predicted molar refractivity (Wildman–Crippen MR) is 361 cm³/mol. The number of amides is 7. The average molecular weight is 1440 g/mol.